The first-order chi connectivity index (χ1) is 11.1. The summed E-state index contributed by atoms with van der Waals surface area (Å²) in [7, 11) is 0. The summed E-state index contributed by atoms with van der Waals surface area (Å²) in [4.78, 5) is 27.2. The van der Waals surface area contributed by atoms with E-state index in [0.717, 1.165) is 12.1 Å². The minimum absolute atomic E-state index is 0.0494. The average molecular weight is 319 g/mol. The first kappa shape index (κ1) is 16.5. The van der Waals surface area contributed by atoms with Gasteiger partial charge in [-0.3, -0.25) is 14.6 Å². The molecule has 0 saturated heterocycles. The van der Waals surface area contributed by atoms with Gasteiger partial charge in [0.05, 0.1) is 6.42 Å². The Morgan fingerprint density at radius 1 is 1.00 bits per heavy atom. The molecule has 0 fully saturated rings. The van der Waals surface area contributed by atoms with Crippen LogP contribution in [0, 0.1) is 11.6 Å². The topological polar surface area (TPSA) is 71.1 Å². The number of benzene rings is 1. The van der Waals surface area contributed by atoms with Crippen molar-refractivity contribution in [3.8, 4) is 0 Å². The van der Waals surface area contributed by atoms with Crippen molar-refractivity contribution in [3.05, 3.63) is 59.9 Å². The van der Waals surface area contributed by atoms with Crippen molar-refractivity contribution in [1.29, 1.82) is 0 Å². The maximum Gasteiger partial charge on any atom is 0.226 e. The number of aromatic nitrogens is 1. The summed E-state index contributed by atoms with van der Waals surface area (Å²) in [6.45, 7) is 0.0752. The molecule has 0 aliphatic rings. The van der Waals surface area contributed by atoms with Crippen molar-refractivity contribution in [1.82, 2.24) is 10.3 Å². The molecule has 0 atom stereocenters. The summed E-state index contributed by atoms with van der Waals surface area (Å²) in [5, 5.41) is 5.09. The number of carbonyl (C=O) groups is 2. The summed E-state index contributed by atoms with van der Waals surface area (Å²) in [5.41, 5.74) is 0.316. The Morgan fingerprint density at radius 2 is 1.65 bits per heavy atom. The summed E-state index contributed by atoms with van der Waals surface area (Å²) < 4.78 is 26.8. The number of nitrogens with one attached hydrogen (secondary N) is 2. The summed E-state index contributed by atoms with van der Waals surface area (Å²) in [6, 6.07) is 6.69. The number of anilines is 1. The molecule has 0 aliphatic heterocycles. The third kappa shape index (κ3) is 5.14. The fourth-order valence-electron chi connectivity index (χ4n) is 1.90. The quantitative estimate of drug-likeness (QED) is 0.856. The van der Waals surface area contributed by atoms with E-state index in [1.54, 1.807) is 24.5 Å². The monoisotopic (exact) mass is 319 g/mol. The first-order valence-electron chi connectivity index (χ1n) is 6.95. The Morgan fingerprint density at radius 3 is 2.30 bits per heavy atom. The zero-order valence-corrected chi connectivity index (χ0v) is 12.2. The van der Waals surface area contributed by atoms with Crippen LogP contribution in [-0.2, 0) is 16.0 Å². The predicted octanol–water partition coefficient (Wildman–Crippen LogP) is 2.05. The molecule has 1 heterocycles. The normalized spacial score (nSPS) is 10.2. The van der Waals surface area contributed by atoms with Gasteiger partial charge in [-0.25, -0.2) is 8.78 Å². The number of rotatable bonds is 6. The largest absolute Gasteiger partial charge is 0.355 e. The van der Waals surface area contributed by atoms with Gasteiger partial charge in [-0.1, -0.05) is 6.07 Å². The molecule has 0 saturated carbocycles. The molecule has 23 heavy (non-hydrogen) atoms. The van der Waals surface area contributed by atoms with Crippen LogP contribution in [0.1, 0.15) is 12.0 Å². The second-order valence-electron chi connectivity index (χ2n) is 4.76. The molecule has 1 aromatic carbocycles. The zero-order chi connectivity index (χ0) is 16.7. The fourth-order valence-corrected chi connectivity index (χ4v) is 1.90. The Labute approximate surface area is 131 Å². The molecule has 2 rings (SSSR count). The first-order valence-corrected chi connectivity index (χ1v) is 6.95. The number of amides is 2. The van der Waals surface area contributed by atoms with Gasteiger partial charge < -0.3 is 10.6 Å². The molecule has 2 aromatic rings. The van der Waals surface area contributed by atoms with Crippen molar-refractivity contribution in [2.45, 2.75) is 12.8 Å². The van der Waals surface area contributed by atoms with Gasteiger partial charge in [0.1, 0.15) is 11.6 Å². The molecule has 0 aliphatic carbocycles. The van der Waals surface area contributed by atoms with E-state index in [2.05, 4.69) is 15.6 Å². The van der Waals surface area contributed by atoms with Crippen LogP contribution in [0.2, 0.25) is 0 Å². The van der Waals surface area contributed by atoms with E-state index in [4.69, 9.17) is 0 Å². The second-order valence-corrected chi connectivity index (χ2v) is 4.76. The standard InChI is InChI=1S/C16H15F2N3O2/c17-13-2-1-3-14(18)12(13)10-16(23)20-9-6-15(22)21-11-4-7-19-8-5-11/h1-5,7-8H,6,9-10H2,(H,20,23)(H,19,21,22). The number of hydrogen-bond acceptors (Lipinski definition) is 3. The Hall–Kier alpha value is -2.83. The van der Waals surface area contributed by atoms with Gasteiger partial charge in [-0.15, -0.1) is 0 Å². The van der Waals surface area contributed by atoms with E-state index in [1.807, 2.05) is 0 Å². The summed E-state index contributed by atoms with van der Waals surface area (Å²) in [6.07, 6.45) is 2.72. The Bertz CT molecular complexity index is 673. The number of pyridine rings is 1. The van der Waals surface area contributed by atoms with Crippen molar-refractivity contribution in [3.63, 3.8) is 0 Å². The van der Waals surface area contributed by atoms with Crippen molar-refractivity contribution < 1.29 is 18.4 Å². The molecule has 0 radical (unpaired) electrons. The van der Waals surface area contributed by atoms with Crippen LogP contribution in [0.25, 0.3) is 0 Å². The van der Waals surface area contributed by atoms with E-state index in [9.17, 15) is 18.4 Å². The van der Waals surface area contributed by atoms with Crippen LogP contribution in [0.5, 0.6) is 0 Å². The van der Waals surface area contributed by atoms with Gasteiger partial charge in [0.2, 0.25) is 11.8 Å². The van der Waals surface area contributed by atoms with Crippen LogP contribution in [0.4, 0.5) is 14.5 Å². The van der Waals surface area contributed by atoms with E-state index in [1.165, 1.54) is 6.07 Å². The van der Waals surface area contributed by atoms with E-state index in [0.29, 0.717) is 5.69 Å². The van der Waals surface area contributed by atoms with Gasteiger partial charge in [0.15, 0.2) is 0 Å². The molecule has 2 amide bonds. The maximum atomic E-state index is 13.4. The molecule has 0 bridgehead atoms. The lowest BCUT2D eigenvalue weighted by Gasteiger charge is -2.07. The smallest absolute Gasteiger partial charge is 0.226 e. The minimum Gasteiger partial charge on any atom is -0.355 e. The SMILES string of the molecule is O=C(Cc1c(F)cccc1F)NCCC(=O)Nc1ccncc1. The highest BCUT2D eigenvalue weighted by atomic mass is 19.1. The second kappa shape index (κ2) is 7.98. The summed E-state index contributed by atoms with van der Waals surface area (Å²) in [5.74, 6) is -2.37. The average Bonchev–Trinajstić information content (AvgIpc) is 2.52. The highest BCUT2D eigenvalue weighted by Crippen LogP contribution is 2.12. The van der Waals surface area contributed by atoms with Crippen molar-refractivity contribution >= 4 is 17.5 Å². The van der Waals surface area contributed by atoms with E-state index < -0.39 is 24.0 Å². The lowest BCUT2D eigenvalue weighted by Crippen LogP contribution is -2.29. The summed E-state index contributed by atoms with van der Waals surface area (Å²) >= 11 is 0. The highest BCUT2D eigenvalue weighted by Gasteiger charge is 2.13. The molecule has 5 nitrogen and oxygen atoms in total. The lowest BCUT2D eigenvalue weighted by atomic mass is 10.1. The van der Waals surface area contributed by atoms with Gasteiger partial charge in [0, 0.05) is 36.6 Å². The van der Waals surface area contributed by atoms with Crippen LogP contribution >= 0.6 is 0 Å². The fraction of sp³-hybridized carbons (Fsp3) is 0.188. The molecular weight excluding hydrogens is 304 g/mol. The molecule has 7 heteroatoms. The van der Waals surface area contributed by atoms with Crippen LogP contribution in [0.3, 0.4) is 0 Å². The number of halogens is 2. The lowest BCUT2D eigenvalue weighted by molar-refractivity contribution is -0.120. The highest BCUT2D eigenvalue weighted by molar-refractivity contribution is 5.91. The van der Waals surface area contributed by atoms with Crippen LogP contribution in [-0.4, -0.2) is 23.3 Å². The van der Waals surface area contributed by atoms with Gasteiger partial charge in [-0.05, 0) is 24.3 Å². The van der Waals surface area contributed by atoms with Crippen molar-refractivity contribution in [2.75, 3.05) is 11.9 Å². The number of hydrogen-bond donors (Lipinski definition) is 2. The Balaban J connectivity index is 1.76. The van der Waals surface area contributed by atoms with Gasteiger partial charge in [0.25, 0.3) is 0 Å². The third-order valence-electron chi connectivity index (χ3n) is 3.04. The van der Waals surface area contributed by atoms with Crippen LogP contribution < -0.4 is 10.6 Å². The predicted molar refractivity (Wildman–Crippen MR) is 80.6 cm³/mol. The maximum absolute atomic E-state index is 13.4. The van der Waals surface area contributed by atoms with E-state index in [-0.39, 0.29) is 24.4 Å². The van der Waals surface area contributed by atoms with Gasteiger partial charge in [-0.2, -0.15) is 0 Å². The minimum atomic E-state index is -0.768. The molecule has 0 spiro atoms. The third-order valence-corrected chi connectivity index (χ3v) is 3.04. The molecule has 2 N–H and O–H groups in total. The zero-order valence-electron chi connectivity index (χ0n) is 12.2. The molecule has 0 unspecified atom stereocenters. The van der Waals surface area contributed by atoms with Gasteiger partial charge >= 0.3 is 0 Å². The van der Waals surface area contributed by atoms with Crippen LogP contribution in [0.15, 0.2) is 42.7 Å². The molecular formula is C16H15F2N3O2. The molecule has 1 aromatic heterocycles. The number of nitrogens with zero attached hydrogens (tertiary/aromatic N) is 1. The Kier molecular flexibility index (Phi) is 5.74. The van der Waals surface area contributed by atoms with Crippen molar-refractivity contribution in [2.24, 2.45) is 0 Å². The number of carbonyl (C=O) groups excluding carboxylic acids is 2. The molecule has 120 valence electrons. The van der Waals surface area contributed by atoms with E-state index >= 15 is 0 Å².